The average Bonchev–Trinajstić information content (AvgIpc) is 2.55. The fourth-order valence-electron chi connectivity index (χ4n) is 2.81. The fourth-order valence-corrected chi connectivity index (χ4v) is 3.85. The van der Waals surface area contributed by atoms with Gasteiger partial charge in [-0.2, -0.15) is 0 Å². The first kappa shape index (κ1) is 21.8. The van der Waals surface area contributed by atoms with Crippen molar-refractivity contribution in [3.63, 3.8) is 0 Å². The highest BCUT2D eigenvalue weighted by molar-refractivity contribution is 7.89. The van der Waals surface area contributed by atoms with Crippen LogP contribution in [0.1, 0.15) is 26.2 Å². The standard InChI is InChI=1S/C16H24FN3O3S.ClH/c1-12(18)13-3-2-10-20(11-13)16(21)8-9-19-24(22,23)15-6-4-14(17)5-7-15;/h4-7,12-13,19H,2-3,8-11,18H2,1H3;1H. The third-order valence-electron chi connectivity index (χ3n) is 4.31. The minimum atomic E-state index is -3.74. The number of benzene rings is 1. The van der Waals surface area contributed by atoms with Gasteiger partial charge in [-0.1, -0.05) is 0 Å². The maximum absolute atomic E-state index is 12.9. The molecule has 2 atom stereocenters. The number of sulfonamides is 1. The number of carbonyl (C=O) groups is 1. The molecule has 1 aliphatic heterocycles. The van der Waals surface area contributed by atoms with Gasteiger partial charge in [-0.3, -0.25) is 4.79 Å². The minimum Gasteiger partial charge on any atom is -0.342 e. The normalized spacial score (nSPS) is 19.2. The van der Waals surface area contributed by atoms with E-state index >= 15 is 0 Å². The number of hydrogen-bond acceptors (Lipinski definition) is 4. The van der Waals surface area contributed by atoms with Crippen LogP contribution in [0.2, 0.25) is 0 Å². The topological polar surface area (TPSA) is 92.5 Å². The summed E-state index contributed by atoms with van der Waals surface area (Å²) in [5.41, 5.74) is 5.91. The molecule has 1 fully saturated rings. The summed E-state index contributed by atoms with van der Waals surface area (Å²) >= 11 is 0. The van der Waals surface area contributed by atoms with E-state index in [0.29, 0.717) is 19.0 Å². The summed E-state index contributed by atoms with van der Waals surface area (Å²) in [5, 5.41) is 0. The van der Waals surface area contributed by atoms with Crippen LogP contribution in [0.15, 0.2) is 29.2 Å². The summed E-state index contributed by atoms with van der Waals surface area (Å²) in [5.74, 6) is -0.293. The predicted molar refractivity (Wildman–Crippen MR) is 96.4 cm³/mol. The van der Waals surface area contributed by atoms with Crippen LogP contribution in [0.5, 0.6) is 0 Å². The number of nitrogens with one attached hydrogen (secondary N) is 1. The smallest absolute Gasteiger partial charge is 0.240 e. The van der Waals surface area contributed by atoms with Crippen LogP contribution in [0, 0.1) is 11.7 Å². The van der Waals surface area contributed by atoms with Crippen molar-refractivity contribution < 1.29 is 17.6 Å². The summed E-state index contributed by atoms with van der Waals surface area (Å²) in [6.45, 7) is 3.27. The third-order valence-corrected chi connectivity index (χ3v) is 5.79. The molecule has 1 aromatic rings. The van der Waals surface area contributed by atoms with Gasteiger partial charge in [-0.05, 0) is 49.9 Å². The second kappa shape index (κ2) is 9.47. The van der Waals surface area contributed by atoms with Crippen LogP contribution in [0.3, 0.4) is 0 Å². The van der Waals surface area contributed by atoms with Crippen LogP contribution in [-0.2, 0) is 14.8 Å². The van der Waals surface area contributed by atoms with Gasteiger partial charge < -0.3 is 10.6 Å². The molecule has 0 bridgehead atoms. The number of hydrogen-bond donors (Lipinski definition) is 2. The summed E-state index contributed by atoms with van der Waals surface area (Å²) in [6, 6.07) is 4.59. The van der Waals surface area contributed by atoms with Gasteiger partial charge in [0.05, 0.1) is 4.90 Å². The number of halogens is 2. The Morgan fingerprint density at radius 1 is 1.40 bits per heavy atom. The molecular formula is C16H25ClFN3O3S. The summed E-state index contributed by atoms with van der Waals surface area (Å²) in [7, 11) is -3.74. The summed E-state index contributed by atoms with van der Waals surface area (Å²) in [6.07, 6.45) is 2.02. The van der Waals surface area contributed by atoms with Gasteiger partial charge in [0.2, 0.25) is 15.9 Å². The average molecular weight is 394 g/mol. The van der Waals surface area contributed by atoms with Gasteiger partial charge in [-0.25, -0.2) is 17.5 Å². The van der Waals surface area contributed by atoms with Crippen LogP contribution in [-0.4, -0.2) is 44.9 Å². The number of carbonyl (C=O) groups excluding carboxylic acids is 1. The Kier molecular flexibility index (Phi) is 8.27. The van der Waals surface area contributed by atoms with Crippen molar-refractivity contribution in [1.29, 1.82) is 0 Å². The Morgan fingerprint density at radius 3 is 2.64 bits per heavy atom. The number of likely N-dealkylation sites (tertiary alicyclic amines) is 1. The van der Waals surface area contributed by atoms with Crippen LogP contribution >= 0.6 is 12.4 Å². The number of piperidine rings is 1. The van der Waals surface area contributed by atoms with E-state index in [2.05, 4.69) is 4.72 Å². The van der Waals surface area contributed by atoms with Crippen LogP contribution in [0.25, 0.3) is 0 Å². The lowest BCUT2D eigenvalue weighted by Crippen LogP contribution is -2.45. The van der Waals surface area contributed by atoms with Crippen molar-refractivity contribution in [2.75, 3.05) is 19.6 Å². The first-order valence-corrected chi connectivity index (χ1v) is 9.56. The molecule has 2 rings (SSSR count). The summed E-state index contributed by atoms with van der Waals surface area (Å²) in [4.78, 5) is 14.0. The molecule has 6 nitrogen and oxygen atoms in total. The van der Waals surface area contributed by atoms with E-state index < -0.39 is 15.8 Å². The molecule has 2 unspecified atom stereocenters. The maximum Gasteiger partial charge on any atom is 0.240 e. The molecule has 0 saturated carbocycles. The van der Waals surface area contributed by atoms with Crippen molar-refractivity contribution in [3.05, 3.63) is 30.1 Å². The Bertz CT molecular complexity index is 668. The summed E-state index contributed by atoms with van der Waals surface area (Å²) < 4.78 is 39.4. The van der Waals surface area contributed by atoms with E-state index in [1.807, 2.05) is 6.92 Å². The molecule has 142 valence electrons. The Labute approximate surface area is 154 Å². The molecule has 0 spiro atoms. The second-order valence-electron chi connectivity index (χ2n) is 6.20. The third kappa shape index (κ3) is 6.22. The highest BCUT2D eigenvalue weighted by Gasteiger charge is 2.25. The number of amides is 1. The fraction of sp³-hybridized carbons (Fsp3) is 0.562. The van der Waals surface area contributed by atoms with E-state index in [1.54, 1.807) is 4.90 Å². The van der Waals surface area contributed by atoms with Gasteiger partial charge in [0.25, 0.3) is 0 Å². The van der Waals surface area contributed by atoms with Gasteiger partial charge in [-0.15, -0.1) is 12.4 Å². The lowest BCUT2D eigenvalue weighted by atomic mass is 9.92. The zero-order valence-electron chi connectivity index (χ0n) is 14.2. The molecule has 3 N–H and O–H groups in total. The van der Waals surface area contributed by atoms with E-state index in [-0.39, 0.29) is 42.2 Å². The quantitative estimate of drug-likeness (QED) is 0.766. The zero-order valence-corrected chi connectivity index (χ0v) is 15.8. The van der Waals surface area contributed by atoms with E-state index in [9.17, 15) is 17.6 Å². The minimum absolute atomic E-state index is 0. The first-order chi connectivity index (χ1) is 11.3. The molecule has 25 heavy (non-hydrogen) atoms. The number of nitrogens with zero attached hydrogens (tertiary/aromatic N) is 1. The van der Waals surface area contributed by atoms with E-state index in [1.165, 1.54) is 12.1 Å². The van der Waals surface area contributed by atoms with Gasteiger partial charge >= 0.3 is 0 Å². The lowest BCUT2D eigenvalue weighted by molar-refractivity contribution is -0.132. The molecule has 1 amide bonds. The Morgan fingerprint density at radius 2 is 2.04 bits per heavy atom. The SMILES string of the molecule is CC(N)C1CCCN(C(=O)CCNS(=O)(=O)c2ccc(F)cc2)C1.Cl. The van der Waals surface area contributed by atoms with Gasteiger partial charge in [0.15, 0.2) is 0 Å². The monoisotopic (exact) mass is 393 g/mol. The predicted octanol–water partition coefficient (Wildman–Crippen LogP) is 1.50. The lowest BCUT2D eigenvalue weighted by Gasteiger charge is -2.34. The molecule has 9 heteroatoms. The Hall–Kier alpha value is -1.22. The zero-order chi connectivity index (χ0) is 17.7. The van der Waals surface area contributed by atoms with E-state index in [0.717, 1.165) is 25.0 Å². The van der Waals surface area contributed by atoms with E-state index in [4.69, 9.17) is 5.73 Å². The molecule has 1 aromatic carbocycles. The molecule has 1 saturated heterocycles. The van der Waals surface area contributed by atoms with Gasteiger partial charge in [0.1, 0.15) is 5.82 Å². The molecule has 1 aliphatic rings. The van der Waals surface area contributed by atoms with Crippen molar-refractivity contribution in [1.82, 2.24) is 9.62 Å². The Balaban J connectivity index is 0.00000312. The van der Waals surface area contributed by atoms with Crippen molar-refractivity contribution >= 4 is 28.3 Å². The van der Waals surface area contributed by atoms with Crippen molar-refractivity contribution in [2.45, 2.75) is 37.1 Å². The van der Waals surface area contributed by atoms with Crippen molar-refractivity contribution in [2.24, 2.45) is 11.7 Å². The highest BCUT2D eigenvalue weighted by Crippen LogP contribution is 2.19. The van der Waals surface area contributed by atoms with Crippen LogP contribution < -0.4 is 10.5 Å². The van der Waals surface area contributed by atoms with Gasteiger partial charge in [0, 0.05) is 32.1 Å². The first-order valence-electron chi connectivity index (χ1n) is 8.08. The molecule has 0 radical (unpaired) electrons. The second-order valence-corrected chi connectivity index (χ2v) is 7.97. The molecule has 0 aliphatic carbocycles. The highest BCUT2D eigenvalue weighted by atomic mass is 35.5. The maximum atomic E-state index is 12.9. The van der Waals surface area contributed by atoms with Crippen LogP contribution in [0.4, 0.5) is 4.39 Å². The molecular weight excluding hydrogens is 369 g/mol. The molecule has 0 aromatic heterocycles. The van der Waals surface area contributed by atoms with Crippen molar-refractivity contribution in [3.8, 4) is 0 Å². The number of nitrogens with two attached hydrogens (primary N) is 1. The number of rotatable bonds is 6. The molecule has 1 heterocycles. The largest absolute Gasteiger partial charge is 0.342 e.